The van der Waals surface area contributed by atoms with Gasteiger partial charge < -0.3 is 30.6 Å². The minimum atomic E-state index is -1.72. The lowest BCUT2D eigenvalue weighted by atomic mass is 9.86. The molecule has 0 aliphatic rings. The second-order valence-corrected chi connectivity index (χ2v) is 7.47. The number of aliphatic hydroxyl groups is 6. The summed E-state index contributed by atoms with van der Waals surface area (Å²) in [5, 5.41) is 58.0. The molecule has 0 amide bonds. The fourth-order valence-electron chi connectivity index (χ4n) is 3.01. The first kappa shape index (κ1) is 24.8. The zero-order valence-corrected chi connectivity index (χ0v) is 16.0. The summed E-state index contributed by atoms with van der Waals surface area (Å²) in [6, 6.07) is 0. The second-order valence-electron chi connectivity index (χ2n) is 7.47. The Balaban J connectivity index is 3.92. The van der Waals surface area contributed by atoms with Crippen molar-refractivity contribution in [3.63, 3.8) is 0 Å². The molecule has 0 bridgehead atoms. The van der Waals surface area contributed by atoms with E-state index >= 15 is 0 Å². The van der Waals surface area contributed by atoms with Gasteiger partial charge in [-0.3, -0.25) is 0 Å². The molecule has 6 N–H and O–H groups in total. The summed E-state index contributed by atoms with van der Waals surface area (Å²) >= 11 is 0. The van der Waals surface area contributed by atoms with Crippen LogP contribution in [0.5, 0.6) is 0 Å². The standard InChI is InChI=1S/C19H40O6/c1-3-4-5-6-7-8-9-10-11-12-13-19(2,25)18(24)17(23)16(22)15(21)14-20/h15-18,20-25H,3-14H2,1-2H3. The third kappa shape index (κ3) is 10.5. The lowest BCUT2D eigenvalue weighted by molar-refractivity contribution is -0.169. The van der Waals surface area contributed by atoms with E-state index < -0.39 is 36.6 Å². The SMILES string of the molecule is CCCCCCCCCCCCC(C)(O)C(O)C(O)C(O)C(O)CO. The molecule has 0 aromatic heterocycles. The maximum Gasteiger partial charge on any atom is 0.111 e. The molecular formula is C19H40O6. The summed E-state index contributed by atoms with van der Waals surface area (Å²) in [6.07, 6.45) is 5.30. The van der Waals surface area contributed by atoms with Crippen molar-refractivity contribution in [3.8, 4) is 0 Å². The van der Waals surface area contributed by atoms with Gasteiger partial charge in [-0.1, -0.05) is 71.1 Å². The van der Waals surface area contributed by atoms with Gasteiger partial charge in [-0.05, 0) is 13.3 Å². The van der Waals surface area contributed by atoms with Crippen molar-refractivity contribution < 1.29 is 30.6 Å². The Morgan fingerprint density at radius 3 is 1.60 bits per heavy atom. The summed E-state index contributed by atoms with van der Waals surface area (Å²) < 4.78 is 0. The van der Waals surface area contributed by atoms with Gasteiger partial charge in [0, 0.05) is 0 Å². The Labute approximate surface area is 152 Å². The molecule has 0 aliphatic carbocycles. The summed E-state index contributed by atoms with van der Waals surface area (Å²) in [6.45, 7) is 2.89. The van der Waals surface area contributed by atoms with Crippen LogP contribution < -0.4 is 0 Å². The molecule has 6 heteroatoms. The van der Waals surface area contributed by atoms with Crippen LogP contribution in [-0.2, 0) is 0 Å². The van der Waals surface area contributed by atoms with E-state index in [0.29, 0.717) is 12.8 Å². The Hall–Kier alpha value is -0.240. The van der Waals surface area contributed by atoms with E-state index in [1.165, 1.54) is 51.9 Å². The zero-order valence-electron chi connectivity index (χ0n) is 16.0. The summed E-state index contributed by atoms with van der Waals surface area (Å²) in [4.78, 5) is 0. The van der Waals surface area contributed by atoms with Crippen LogP contribution in [0, 0.1) is 0 Å². The highest BCUT2D eigenvalue weighted by Gasteiger charge is 2.40. The molecule has 0 spiro atoms. The number of hydrogen-bond acceptors (Lipinski definition) is 6. The monoisotopic (exact) mass is 364 g/mol. The van der Waals surface area contributed by atoms with Crippen LogP contribution in [0.15, 0.2) is 0 Å². The first-order chi connectivity index (χ1) is 11.8. The molecule has 0 fully saturated rings. The largest absolute Gasteiger partial charge is 0.394 e. The average molecular weight is 365 g/mol. The van der Waals surface area contributed by atoms with Gasteiger partial charge in [-0.15, -0.1) is 0 Å². The van der Waals surface area contributed by atoms with Gasteiger partial charge in [-0.2, -0.15) is 0 Å². The molecule has 0 aliphatic heterocycles. The van der Waals surface area contributed by atoms with Crippen LogP contribution in [0.1, 0.15) is 84.5 Å². The molecule has 0 saturated heterocycles. The Bertz CT molecular complexity index is 310. The zero-order chi connectivity index (χ0) is 19.3. The van der Waals surface area contributed by atoms with Crippen molar-refractivity contribution in [2.24, 2.45) is 0 Å². The van der Waals surface area contributed by atoms with Crippen molar-refractivity contribution in [2.45, 2.75) is 114 Å². The predicted molar refractivity (Wildman–Crippen MR) is 98.2 cm³/mol. The molecule has 0 aromatic carbocycles. The van der Waals surface area contributed by atoms with Gasteiger partial charge >= 0.3 is 0 Å². The number of hydrogen-bond donors (Lipinski definition) is 6. The molecule has 25 heavy (non-hydrogen) atoms. The van der Waals surface area contributed by atoms with E-state index in [1.54, 1.807) is 0 Å². The van der Waals surface area contributed by atoms with E-state index in [9.17, 15) is 25.5 Å². The molecule has 0 radical (unpaired) electrons. The normalized spacial score (nSPS) is 19.2. The smallest absolute Gasteiger partial charge is 0.111 e. The molecule has 5 unspecified atom stereocenters. The average Bonchev–Trinajstić information content (AvgIpc) is 2.60. The molecule has 6 nitrogen and oxygen atoms in total. The maximum absolute atomic E-state index is 10.3. The van der Waals surface area contributed by atoms with Crippen molar-refractivity contribution in [1.82, 2.24) is 0 Å². The van der Waals surface area contributed by atoms with Gasteiger partial charge in [0.25, 0.3) is 0 Å². The van der Waals surface area contributed by atoms with Crippen LogP contribution in [0.25, 0.3) is 0 Å². The molecule has 152 valence electrons. The molecule has 0 aromatic rings. The number of rotatable bonds is 16. The molecule has 0 rings (SSSR count). The van der Waals surface area contributed by atoms with Gasteiger partial charge in [0.1, 0.15) is 24.4 Å². The van der Waals surface area contributed by atoms with Crippen molar-refractivity contribution in [1.29, 1.82) is 0 Å². The minimum Gasteiger partial charge on any atom is -0.394 e. The van der Waals surface area contributed by atoms with Crippen LogP contribution in [0.2, 0.25) is 0 Å². The maximum atomic E-state index is 10.3. The third-order valence-corrected chi connectivity index (χ3v) is 4.93. The molecule has 0 heterocycles. The van der Waals surface area contributed by atoms with E-state index in [4.69, 9.17) is 5.11 Å². The van der Waals surface area contributed by atoms with Crippen molar-refractivity contribution >= 4 is 0 Å². The number of aliphatic hydroxyl groups excluding tert-OH is 5. The lowest BCUT2D eigenvalue weighted by Crippen LogP contribution is -2.54. The van der Waals surface area contributed by atoms with Crippen LogP contribution in [0.3, 0.4) is 0 Å². The Morgan fingerprint density at radius 1 is 0.720 bits per heavy atom. The second kappa shape index (κ2) is 13.9. The highest BCUT2D eigenvalue weighted by atomic mass is 16.4. The highest BCUT2D eigenvalue weighted by molar-refractivity contribution is 4.91. The molecule has 5 atom stereocenters. The topological polar surface area (TPSA) is 121 Å². The molecule has 0 saturated carbocycles. The van der Waals surface area contributed by atoms with Crippen molar-refractivity contribution in [3.05, 3.63) is 0 Å². The van der Waals surface area contributed by atoms with Gasteiger partial charge in [0.2, 0.25) is 0 Å². The van der Waals surface area contributed by atoms with E-state index in [1.807, 2.05) is 0 Å². The fourth-order valence-corrected chi connectivity index (χ4v) is 3.01. The summed E-state index contributed by atoms with van der Waals surface area (Å²) in [5.74, 6) is 0. The van der Waals surface area contributed by atoms with Crippen LogP contribution in [-0.4, -0.2) is 67.3 Å². The van der Waals surface area contributed by atoms with E-state index in [2.05, 4.69) is 6.92 Å². The molecular weight excluding hydrogens is 324 g/mol. The van der Waals surface area contributed by atoms with Gasteiger partial charge in [0.15, 0.2) is 0 Å². The highest BCUT2D eigenvalue weighted by Crippen LogP contribution is 2.23. The lowest BCUT2D eigenvalue weighted by Gasteiger charge is -2.35. The van der Waals surface area contributed by atoms with Gasteiger partial charge in [-0.25, -0.2) is 0 Å². The first-order valence-electron chi connectivity index (χ1n) is 9.83. The van der Waals surface area contributed by atoms with Crippen LogP contribution >= 0.6 is 0 Å². The Morgan fingerprint density at radius 2 is 1.16 bits per heavy atom. The van der Waals surface area contributed by atoms with E-state index in [-0.39, 0.29) is 0 Å². The predicted octanol–water partition coefficient (Wildman–Crippen LogP) is 1.48. The van der Waals surface area contributed by atoms with Gasteiger partial charge in [0.05, 0.1) is 12.2 Å². The first-order valence-corrected chi connectivity index (χ1v) is 9.83. The van der Waals surface area contributed by atoms with E-state index in [0.717, 1.165) is 12.8 Å². The van der Waals surface area contributed by atoms with Crippen molar-refractivity contribution in [2.75, 3.05) is 6.61 Å². The summed E-state index contributed by atoms with van der Waals surface area (Å²) in [7, 11) is 0. The Kier molecular flexibility index (Phi) is 13.8. The third-order valence-electron chi connectivity index (χ3n) is 4.93. The number of unbranched alkanes of at least 4 members (excludes halogenated alkanes) is 9. The quantitative estimate of drug-likeness (QED) is 0.231. The van der Waals surface area contributed by atoms with Crippen LogP contribution in [0.4, 0.5) is 0 Å². The fraction of sp³-hybridized carbons (Fsp3) is 1.00. The summed E-state index contributed by atoms with van der Waals surface area (Å²) in [5.41, 5.74) is -1.56. The minimum absolute atomic E-state index is 0.295.